The Balaban J connectivity index is 2.16. The molecule has 0 spiro atoms. The number of anilines is 1. The Hall–Kier alpha value is -1.62. The minimum absolute atomic E-state index is 0.203. The third kappa shape index (κ3) is 4.44. The van der Waals surface area contributed by atoms with Gasteiger partial charge in [0.1, 0.15) is 11.4 Å². The number of unbranched alkanes of at least 4 members (excludes halogenated alkanes) is 1. The van der Waals surface area contributed by atoms with Crippen LogP contribution in [0.15, 0.2) is 12.1 Å². The van der Waals surface area contributed by atoms with Gasteiger partial charge < -0.3 is 9.84 Å². The summed E-state index contributed by atoms with van der Waals surface area (Å²) in [6.07, 6.45) is 4.03. The van der Waals surface area contributed by atoms with Crippen molar-refractivity contribution in [3.63, 3.8) is 0 Å². The van der Waals surface area contributed by atoms with Crippen molar-refractivity contribution in [1.29, 1.82) is 0 Å². The zero-order valence-electron chi connectivity index (χ0n) is 13.8. The smallest absolute Gasteiger partial charge is 0.416 e. The number of rotatable bonds is 4. The summed E-state index contributed by atoms with van der Waals surface area (Å²) in [7, 11) is 0. The van der Waals surface area contributed by atoms with E-state index >= 15 is 0 Å². The fourth-order valence-electron chi connectivity index (χ4n) is 2.53. The summed E-state index contributed by atoms with van der Waals surface area (Å²) < 4.78 is 5.49. The summed E-state index contributed by atoms with van der Waals surface area (Å²) in [6.45, 7) is 6.46. The number of aryl methyl sites for hydroxylation is 2. The molecule has 0 radical (unpaired) electrons. The van der Waals surface area contributed by atoms with Crippen LogP contribution in [-0.4, -0.2) is 34.9 Å². The average Bonchev–Trinajstić information content (AvgIpc) is 2.45. The van der Waals surface area contributed by atoms with E-state index in [-0.39, 0.29) is 12.7 Å². The first-order chi connectivity index (χ1) is 10.4. The predicted molar refractivity (Wildman–Crippen MR) is 86.2 cm³/mol. The van der Waals surface area contributed by atoms with Gasteiger partial charge in [-0.1, -0.05) is 6.07 Å². The number of amides is 1. The quantitative estimate of drug-likeness (QED) is 0.868. The summed E-state index contributed by atoms with van der Waals surface area (Å²) in [5.74, 6) is 0.738. The highest BCUT2D eigenvalue weighted by atomic mass is 16.6. The minimum Gasteiger partial charge on any atom is -0.443 e. The maximum atomic E-state index is 12.4. The summed E-state index contributed by atoms with van der Waals surface area (Å²) >= 11 is 0. The van der Waals surface area contributed by atoms with Gasteiger partial charge in [0.05, 0.1) is 0 Å². The van der Waals surface area contributed by atoms with Crippen molar-refractivity contribution in [2.45, 2.75) is 58.5 Å². The number of fused-ring (bicyclic) bond motifs is 1. The molecule has 1 aliphatic heterocycles. The van der Waals surface area contributed by atoms with E-state index in [2.05, 4.69) is 11.1 Å². The molecule has 0 atom stereocenters. The Labute approximate surface area is 132 Å². The molecule has 0 unspecified atom stereocenters. The second-order valence-electron chi connectivity index (χ2n) is 6.70. The van der Waals surface area contributed by atoms with Crippen LogP contribution in [0.5, 0.6) is 0 Å². The summed E-state index contributed by atoms with van der Waals surface area (Å²) in [5, 5.41) is 8.87. The van der Waals surface area contributed by atoms with Crippen LogP contribution in [0.2, 0.25) is 0 Å². The molecule has 122 valence electrons. The van der Waals surface area contributed by atoms with Crippen molar-refractivity contribution in [3.05, 3.63) is 23.4 Å². The molecule has 1 aromatic rings. The third-order valence-electron chi connectivity index (χ3n) is 3.55. The molecule has 5 heteroatoms. The Morgan fingerprint density at radius 2 is 2.14 bits per heavy atom. The standard InChI is InChI=1S/C17H26N2O3/c1-17(2,3)22-16(21)19-11-6-7-13-9-10-14(18-15(13)19)8-4-5-12-20/h9-10,20H,4-8,11-12H2,1-3H3. The van der Waals surface area contributed by atoms with Crippen LogP contribution >= 0.6 is 0 Å². The molecule has 2 heterocycles. The van der Waals surface area contributed by atoms with Crippen LogP contribution in [0.25, 0.3) is 0 Å². The molecule has 0 saturated carbocycles. The maximum absolute atomic E-state index is 12.4. The lowest BCUT2D eigenvalue weighted by molar-refractivity contribution is 0.0576. The van der Waals surface area contributed by atoms with E-state index in [1.165, 1.54) is 0 Å². The second-order valence-corrected chi connectivity index (χ2v) is 6.70. The minimum atomic E-state index is -0.507. The second kappa shape index (κ2) is 7.09. The zero-order valence-corrected chi connectivity index (χ0v) is 13.8. The van der Waals surface area contributed by atoms with Gasteiger partial charge in [0, 0.05) is 18.8 Å². The van der Waals surface area contributed by atoms with E-state index < -0.39 is 5.60 Å². The topological polar surface area (TPSA) is 62.7 Å². The Morgan fingerprint density at radius 1 is 1.36 bits per heavy atom. The number of hydrogen-bond acceptors (Lipinski definition) is 4. The third-order valence-corrected chi connectivity index (χ3v) is 3.55. The number of carbonyl (C=O) groups is 1. The van der Waals surface area contributed by atoms with Gasteiger partial charge in [0.25, 0.3) is 0 Å². The van der Waals surface area contributed by atoms with Crippen molar-refractivity contribution in [2.24, 2.45) is 0 Å². The number of ether oxygens (including phenoxy) is 1. The first kappa shape index (κ1) is 16.7. The van der Waals surface area contributed by atoms with Crippen molar-refractivity contribution in [1.82, 2.24) is 4.98 Å². The van der Waals surface area contributed by atoms with E-state index in [4.69, 9.17) is 9.84 Å². The van der Waals surface area contributed by atoms with Gasteiger partial charge in [-0.25, -0.2) is 9.78 Å². The highest BCUT2D eigenvalue weighted by molar-refractivity contribution is 5.88. The Kier molecular flexibility index (Phi) is 5.40. The van der Waals surface area contributed by atoms with E-state index in [0.29, 0.717) is 6.54 Å². The van der Waals surface area contributed by atoms with E-state index in [9.17, 15) is 4.79 Å². The molecule has 2 rings (SSSR count). The predicted octanol–water partition coefficient (Wildman–Crippen LogP) is 3.08. The molecule has 1 amide bonds. The first-order valence-corrected chi connectivity index (χ1v) is 8.01. The lowest BCUT2D eigenvalue weighted by Crippen LogP contribution is -2.40. The largest absolute Gasteiger partial charge is 0.443 e. The zero-order chi connectivity index (χ0) is 16.2. The van der Waals surface area contributed by atoms with Crippen molar-refractivity contribution >= 4 is 11.9 Å². The molecule has 1 N–H and O–H groups in total. The molecule has 0 aromatic carbocycles. The van der Waals surface area contributed by atoms with Gasteiger partial charge in [0.2, 0.25) is 0 Å². The van der Waals surface area contributed by atoms with Crippen LogP contribution < -0.4 is 4.90 Å². The van der Waals surface area contributed by atoms with Crippen molar-refractivity contribution in [2.75, 3.05) is 18.1 Å². The molecular weight excluding hydrogens is 280 g/mol. The molecule has 0 aliphatic carbocycles. The summed E-state index contributed by atoms with van der Waals surface area (Å²) in [4.78, 5) is 18.7. The van der Waals surface area contributed by atoms with E-state index in [0.717, 1.165) is 49.2 Å². The van der Waals surface area contributed by atoms with Crippen molar-refractivity contribution < 1.29 is 14.6 Å². The number of carbonyl (C=O) groups excluding carboxylic acids is 1. The maximum Gasteiger partial charge on any atom is 0.416 e. The highest BCUT2D eigenvalue weighted by Gasteiger charge is 2.28. The van der Waals surface area contributed by atoms with Crippen molar-refractivity contribution in [3.8, 4) is 0 Å². The van der Waals surface area contributed by atoms with Gasteiger partial charge in [-0.2, -0.15) is 0 Å². The molecule has 22 heavy (non-hydrogen) atoms. The van der Waals surface area contributed by atoms with Crippen LogP contribution in [0, 0.1) is 0 Å². The van der Waals surface area contributed by atoms with Crippen LogP contribution in [0.4, 0.5) is 10.6 Å². The lowest BCUT2D eigenvalue weighted by Gasteiger charge is -2.31. The number of aliphatic hydroxyl groups is 1. The van der Waals surface area contributed by atoms with E-state index in [1.54, 1.807) is 4.90 Å². The van der Waals surface area contributed by atoms with Crippen LogP contribution in [0.1, 0.15) is 51.3 Å². The SMILES string of the molecule is CC(C)(C)OC(=O)N1CCCc2ccc(CCCCO)nc21. The number of pyridine rings is 1. The number of nitrogens with zero attached hydrogens (tertiary/aromatic N) is 2. The molecule has 1 aliphatic rings. The molecule has 5 nitrogen and oxygen atoms in total. The Morgan fingerprint density at radius 3 is 2.82 bits per heavy atom. The summed E-state index contributed by atoms with van der Waals surface area (Å²) in [6, 6.07) is 4.09. The van der Waals surface area contributed by atoms with Crippen LogP contribution in [-0.2, 0) is 17.6 Å². The summed E-state index contributed by atoms with van der Waals surface area (Å²) in [5.41, 5.74) is 1.55. The molecular formula is C17H26N2O3. The first-order valence-electron chi connectivity index (χ1n) is 8.01. The van der Waals surface area contributed by atoms with Crippen LogP contribution in [0.3, 0.4) is 0 Å². The number of hydrogen-bond donors (Lipinski definition) is 1. The fraction of sp³-hybridized carbons (Fsp3) is 0.647. The monoisotopic (exact) mass is 306 g/mol. The molecule has 0 bridgehead atoms. The van der Waals surface area contributed by atoms with Gasteiger partial charge in [-0.05, 0) is 64.5 Å². The van der Waals surface area contributed by atoms with Gasteiger partial charge in [0.15, 0.2) is 0 Å². The average molecular weight is 306 g/mol. The normalized spacial score (nSPS) is 14.6. The molecule has 1 aromatic heterocycles. The van der Waals surface area contributed by atoms with E-state index in [1.807, 2.05) is 26.8 Å². The highest BCUT2D eigenvalue weighted by Crippen LogP contribution is 2.27. The lowest BCUT2D eigenvalue weighted by atomic mass is 10.0. The molecule has 0 saturated heterocycles. The fourth-order valence-corrected chi connectivity index (χ4v) is 2.53. The van der Waals surface area contributed by atoms with Gasteiger partial charge in [-0.3, -0.25) is 4.90 Å². The van der Waals surface area contributed by atoms with Gasteiger partial charge in [-0.15, -0.1) is 0 Å². The number of aromatic nitrogens is 1. The van der Waals surface area contributed by atoms with Gasteiger partial charge >= 0.3 is 6.09 Å². The Bertz CT molecular complexity index is 523. The molecule has 0 fully saturated rings. The number of aliphatic hydroxyl groups excluding tert-OH is 1.